The van der Waals surface area contributed by atoms with E-state index in [1.54, 1.807) is 0 Å². The van der Waals surface area contributed by atoms with Gasteiger partial charge in [-0.05, 0) is 18.3 Å². The van der Waals surface area contributed by atoms with Gasteiger partial charge in [-0.15, -0.1) is 0 Å². The van der Waals surface area contributed by atoms with Gasteiger partial charge in [0.1, 0.15) is 0 Å². The van der Waals surface area contributed by atoms with Gasteiger partial charge in [0.05, 0.1) is 6.54 Å². The zero-order valence-corrected chi connectivity index (χ0v) is 11.1. The third-order valence-corrected chi connectivity index (χ3v) is 3.79. The molecule has 0 unspecified atom stereocenters. The van der Waals surface area contributed by atoms with Crippen LogP contribution in [-0.4, -0.2) is 61.5 Å². The maximum Gasteiger partial charge on any atom is 0.236 e. The molecular weight excluding hydrogens is 214 g/mol. The van der Waals surface area contributed by atoms with Crippen LogP contribution in [0.25, 0.3) is 0 Å². The maximum atomic E-state index is 12.2. The minimum atomic E-state index is 0.324. The first-order valence-electron chi connectivity index (χ1n) is 6.86. The van der Waals surface area contributed by atoms with Crippen molar-refractivity contribution in [3.8, 4) is 0 Å². The molecule has 17 heavy (non-hydrogen) atoms. The van der Waals surface area contributed by atoms with Gasteiger partial charge in [-0.2, -0.15) is 0 Å². The van der Waals surface area contributed by atoms with Crippen LogP contribution in [0.15, 0.2) is 0 Å². The molecule has 2 aliphatic heterocycles. The van der Waals surface area contributed by atoms with Crippen molar-refractivity contribution in [1.82, 2.24) is 15.1 Å². The molecular formula is C13H25N3O. The van der Waals surface area contributed by atoms with E-state index in [1.807, 2.05) is 0 Å². The fourth-order valence-corrected chi connectivity index (χ4v) is 3.03. The van der Waals surface area contributed by atoms with Crippen LogP contribution < -0.4 is 5.32 Å². The fraction of sp³-hybridized carbons (Fsp3) is 0.923. The van der Waals surface area contributed by atoms with Gasteiger partial charge in [0.2, 0.25) is 5.91 Å². The van der Waals surface area contributed by atoms with Gasteiger partial charge in [0, 0.05) is 39.3 Å². The summed E-state index contributed by atoms with van der Waals surface area (Å²) in [6, 6.07) is 0. The van der Waals surface area contributed by atoms with Gasteiger partial charge in [0.25, 0.3) is 0 Å². The molecule has 2 saturated heterocycles. The van der Waals surface area contributed by atoms with Crippen molar-refractivity contribution in [1.29, 1.82) is 0 Å². The number of rotatable bonds is 2. The van der Waals surface area contributed by atoms with Crippen LogP contribution in [0.1, 0.15) is 20.3 Å². The molecule has 2 heterocycles. The van der Waals surface area contributed by atoms with Crippen molar-refractivity contribution < 1.29 is 4.79 Å². The van der Waals surface area contributed by atoms with Crippen molar-refractivity contribution in [3.05, 3.63) is 0 Å². The second-order valence-corrected chi connectivity index (χ2v) is 5.77. The standard InChI is InChI=1S/C13H25N3O/c1-11-7-12(2)9-16(8-11)13(17)10-15-5-3-14-4-6-15/h11-12,14H,3-10H2,1-2H3/t11-,12-/m1/s1. The minimum absolute atomic E-state index is 0.324. The summed E-state index contributed by atoms with van der Waals surface area (Å²) in [6.45, 7) is 11.1. The van der Waals surface area contributed by atoms with E-state index in [9.17, 15) is 4.79 Å². The number of likely N-dealkylation sites (tertiary alicyclic amines) is 1. The fourth-order valence-electron chi connectivity index (χ4n) is 3.03. The first-order valence-corrected chi connectivity index (χ1v) is 6.86. The van der Waals surface area contributed by atoms with Crippen molar-refractivity contribution >= 4 is 5.91 Å². The molecule has 2 atom stereocenters. The van der Waals surface area contributed by atoms with Crippen molar-refractivity contribution in [2.45, 2.75) is 20.3 Å². The third-order valence-electron chi connectivity index (χ3n) is 3.79. The van der Waals surface area contributed by atoms with Crippen LogP contribution in [-0.2, 0) is 4.79 Å². The summed E-state index contributed by atoms with van der Waals surface area (Å²) in [7, 11) is 0. The molecule has 0 aliphatic carbocycles. The third kappa shape index (κ3) is 3.68. The number of carbonyl (C=O) groups excluding carboxylic acids is 1. The molecule has 0 radical (unpaired) electrons. The second-order valence-electron chi connectivity index (χ2n) is 5.77. The largest absolute Gasteiger partial charge is 0.341 e. The van der Waals surface area contributed by atoms with Crippen LogP contribution >= 0.6 is 0 Å². The molecule has 98 valence electrons. The summed E-state index contributed by atoms with van der Waals surface area (Å²) in [5.74, 6) is 1.64. The topological polar surface area (TPSA) is 35.6 Å². The number of piperidine rings is 1. The van der Waals surface area contributed by atoms with Crippen LogP contribution in [0.4, 0.5) is 0 Å². The smallest absolute Gasteiger partial charge is 0.236 e. The molecule has 4 heteroatoms. The first kappa shape index (κ1) is 12.8. The highest BCUT2D eigenvalue weighted by atomic mass is 16.2. The lowest BCUT2D eigenvalue weighted by Gasteiger charge is -2.36. The van der Waals surface area contributed by atoms with Gasteiger partial charge in [-0.1, -0.05) is 13.8 Å². The Hall–Kier alpha value is -0.610. The van der Waals surface area contributed by atoms with E-state index >= 15 is 0 Å². The predicted octanol–water partition coefficient (Wildman–Crippen LogP) is 0.396. The molecule has 2 rings (SSSR count). The quantitative estimate of drug-likeness (QED) is 0.757. The number of carbonyl (C=O) groups is 1. The van der Waals surface area contributed by atoms with E-state index < -0.39 is 0 Å². The van der Waals surface area contributed by atoms with Crippen LogP contribution in [0.5, 0.6) is 0 Å². The molecule has 0 aromatic heterocycles. The maximum absolute atomic E-state index is 12.2. The summed E-state index contributed by atoms with van der Waals surface area (Å²) in [4.78, 5) is 16.6. The zero-order valence-electron chi connectivity index (χ0n) is 11.1. The Kier molecular flexibility index (Phi) is 4.40. The summed E-state index contributed by atoms with van der Waals surface area (Å²) in [5, 5.41) is 3.32. The summed E-state index contributed by atoms with van der Waals surface area (Å²) >= 11 is 0. The molecule has 2 aliphatic rings. The van der Waals surface area contributed by atoms with E-state index in [2.05, 4.69) is 29.0 Å². The summed E-state index contributed by atoms with van der Waals surface area (Å²) in [5.41, 5.74) is 0. The molecule has 0 aromatic carbocycles. The number of amides is 1. The SMILES string of the molecule is C[C@@H]1C[C@@H](C)CN(C(=O)CN2CCNCC2)C1. The number of nitrogens with one attached hydrogen (secondary N) is 1. The van der Waals surface area contributed by atoms with E-state index in [4.69, 9.17) is 0 Å². The van der Waals surface area contributed by atoms with Crippen molar-refractivity contribution in [2.75, 3.05) is 45.8 Å². The summed E-state index contributed by atoms with van der Waals surface area (Å²) < 4.78 is 0. The van der Waals surface area contributed by atoms with E-state index in [1.165, 1.54) is 6.42 Å². The predicted molar refractivity (Wildman–Crippen MR) is 68.8 cm³/mol. The van der Waals surface area contributed by atoms with Gasteiger partial charge in [0.15, 0.2) is 0 Å². The lowest BCUT2D eigenvalue weighted by Crippen LogP contribution is -2.50. The van der Waals surface area contributed by atoms with Crippen molar-refractivity contribution in [2.24, 2.45) is 11.8 Å². The highest BCUT2D eigenvalue weighted by Gasteiger charge is 2.26. The van der Waals surface area contributed by atoms with E-state index in [0.717, 1.165) is 39.3 Å². The number of hydrogen-bond donors (Lipinski definition) is 1. The first-order chi connectivity index (χ1) is 8.15. The van der Waals surface area contributed by atoms with E-state index in [0.29, 0.717) is 24.3 Å². The van der Waals surface area contributed by atoms with Crippen LogP contribution in [0.3, 0.4) is 0 Å². The van der Waals surface area contributed by atoms with Crippen LogP contribution in [0, 0.1) is 11.8 Å². The monoisotopic (exact) mass is 239 g/mol. The zero-order chi connectivity index (χ0) is 12.3. The van der Waals surface area contributed by atoms with E-state index in [-0.39, 0.29) is 0 Å². The highest BCUT2D eigenvalue weighted by molar-refractivity contribution is 5.78. The Morgan fingerprint density at radius 2 is 1.76 bits per heavy atom. The average molecular weight is 239 g/mol. The molecule has 4 nitrogen and oxygen atoms in total. The highest BCUT2D eigenvalue weighted by Crippen LogP contribution is 2.20. The second kappa shape index (κ2) is 5.83. The lowest BCUT2D eigenvalue weighted by atomic mass is 9.92. The van der Waals surface area contributed by atoms with Gasteiger partial charge >= 0.3 is 0 Å². The number of piperazine rings is 1. The Labute approximate surface area is 104 Å². The van der Waals surface area contributed by atoms with Gasteiger partial charge in [-0.3, -0.25) is 9.69 Å². The normalized spacial score (nSPS) is 31.5. The number of nitrogens with zero attached hydrogens (tertiary/aromatic N) is 2. The Bertz CT molecular complexity index is 253. The van der Waals surface area contributed by atoms with Gasteiger partial charge < -0.3 is 10.2 Å². The lowest BCUT2D eigenvalue weighted by molar-refractivity contribution is -0.135. The molecule has 1 amide bonds. The van der Waals surface area contributed by atoms with Crippen molar-refractivity contribution in [3.63, 3.8) is 0 Å². The molecule has 2 fully saturated rings. The molecule has 0 aromatic rings. The van der Waals surface area contributed by atoms with Gasteiger partial charge in [-0.25, -0.2) is 0 Å². The summed E-state index contributed by atoms with van der Waals surface area (Å²) in [6.07, 6.45) is 1.26. The number of hydrogen-bond acceptors (Lipinski definition) is 3. The average Bonchev–Trinajstić information content (AvgIpc) is 2.29. The molecule has 1 N–H and O–H groups in total. The Morgan fingerprint density at radius 1 is 1.18 bits per heavy atom. The minimum Gasteiger partial charge on any atom is -0.341 e. The molecule has 0 spiro atoms. The molecule has 0 bridgehead atoms. The molecule has 0 saturated carbocycles. The van der Waals surface area contributed by atoms with Crippen LogP contribution in [0.2, 0.25) is 0 Å². The Balaban J connectivity index is 1.81. The Morgan fingerprint density at radius 3 is 2.35 bits per heavy atom.